The molecule has 0 amide bonds. The number of hydrogen-bond acceptors (Lipinski definition) is 6. The van der Waals surface area contributed by atoms with Crippen molar-refractivity contribution in [2.45, 2.75) is 24.7 Å². The number of hydrogen-bond donors (Lipinski definition) is 1. The molecule has 142 valence electrons. The number of para-hydroxylation sites is 1. The summed E-state index contributed by atoms with van der Waals surface area (Å²) in [6.45, 7) is 2.41. The number of benzene rings is 2. The van der Waals surface area contributed by atoms with Crippen LogP contribution in [-0.2, 0) is 14.8 Å². The normalized spacial score (nSPS) is 10.7. The van der Waals surface area contributed by atoms with Crippen molar-refractivity contribution in [3.8, 4) is 11.8 Å². The Kier molecular flexibility index (Phi) is 7.20. The first-order valence-electron chi connectivity index (χ1n) is 8.36. The van der Waals surface area contributed by atoms with Gasteiger partial charge in [0, 0.05) is 6.42 Å². The monoisotopic (exact) mass is 388 g/mol. The third-order valence-electron chi connectivity index (χ3n) is 3.50. The number of esters is 1. The highest BCUT2D eigenvalue weighted by Gasteiger charge is 2.19. The zero-order valence-corrected chi connectivity index (χ0v) is 15.7. The van der Waals surface area contributed by atoms with Gasteiger partial charge in [-0.25, -0.2) is 13.2 Å². The molecule has 7 nitrogen and oxygen atoms in total. The molecule has 0 saturated carbocycles. The largest absolute Gasteiger partial charge is 0.494 e. The molecule has 0 saturated heterocycles. The minimum atomic E-state index is -3.89. The molecule has 0 radical (unpaired) electrons. The minimum Gasteiger partial charge on any atom is -0.494 e. The zero-order valence-electron chi connectivity index (χ0n) is 14.8. The van der Waals surface area contributed by atoms with E-state index in [-0.39, 0.29) is 29.2 Å². The lowest BCUT2D eigenvalue weighted by molar-refractivity contribution is 0.0503. The van der Waals surface area contributed by atoms with E-state index in [1.165, 1.54) is 24.3 Å². The topological polar surface area (TPSA) is 105 Å². The van der Waals surface area contributed by atoms with E-state index in [4.69, 9.17) is 14.7 Å². The van der Waals surface area contributed by atoms with E-state index in [9.17, 15) is 13.2 Å². The zero-order chi connectivity index (χ0) is 19.7. The van der Waals surface area contributed by atoms with Crippen molar-refractivity contribution in [2.75, 3.05) is 17.9 Å². The molecule has 0 fully saturated rings. The molecule has 0 unspecified atom stereocenters. The van der Waals surface area contributed by atoms with Crippen LogP contribution in [0.5, 0.6) is 5.75 Å². The molecular formula is C19H20N2O5S. The third kappa shape index (κ3) is 5.72. The summed E-state index contributed by atoms with van der Waals surface area (Å²) in [7, 11) is -3.89. The number of carbonyl (C=O) groups is 1. The number of nitriles is 1. The maximum atomic E-state index is 12.6. The summed E-state index contributed by atoms with van der Waals surface area (Å²) in [5.41, 5.74) is 0.223. The highest BCUT2D eigenvalue weighted by atomic mass is 32.2. The molecule has 0 aliphatic rings. The van der Waals surface area contributed by atoms with Gasteiger partial charge in [0.15, 0.2) is 0 Å². The lowest BCUT2D eigenvalue weighted by Gasteiger charge is -2.12. The molecular weight excluding hydrogens is 368 g/mol. The van der Waals surface area contributed by atoms with Gasteiger partial charge in [0.25, 0.3) is 10.0 Å². The first kappa shape index (κ1) is 20.3. The molecule has 0 aliphatic carbocycles. The molecule has 0 aliphatic heterocycles. The van der Waals surface area contributed by atoms with Crippen LogP contribution in [0.25, 0.3) is 0 Å². The molecule has 8 heteroatoms. The van der Waals surface area contributed by atoms with Gasteiger partial charge in [0.2, 0.25) is 0 Å². The Balaban J connectivity index is 2.16. The molecule has 2 aromatic carbocycles. The van der Waals surface area contributed by atoms with Gasteiger partial charge in [0.1, 0.15) is 5.75 Å². The Hall–Kier alpha value is -3.05. The van der Waals surface area contributed by atoms with Crippen molar-refractivity contribution in [2.24, 2.45) is 0 Å². The second-order valence-electron chi connectivity index (χ2n) is 5.45. The van der Waals surface area contributed by atoms with Crippen molar-refractivity contribution in [1.82, 2.24) is 0 Å². The first-order chi connectivity index (χ1) is 13.0. The molecule has 0 spiro atoms. The van der Waals surface area contributed by atoms with Gasteiger partial charge in [-0.1, -0.05) is 12.1 Å². The molecule has 2 aromatic rings. The molecule has 0 aromatic heterocycles. The molecule has 0 bridgehead atoms. The summed E-state index contributed by atoms with van der Waals surface area (Å²) in [5.74, 6) is -0.0873. The smallest absolute Gasteiger partial charge is 0.340 e. The lowest BCUT2D eigenvalue weighted by Crippen LogP contribution is -2.16. The summed E-state index contributed by atoms with van der Waals surface area (Å²) >= 11 is 0. The Bertz CT molecular complexity index is 918. The summed E-state index contributed by atoms with van der Waals surface area (Å²) in [5, 5.41) is 8.50. The SMILES string of the molecule is CCOc1ccc(S(=O)(=O)Nc2ccccc2C(=O)OCCCC#N)cc1. The van der Waals surface area contributed by atoms with E-state index in [2.05, 4.69) is 4.72 Å². The predicted octanol–water partition coefficient (Wildman–Crippen LogP) is 3.35. The number of carbonyl (C=O) groups excluding carboxylic acids is 1. The second-order valence-corrected chi connectivity index (χ2v) is 7.14. The number of sulfonamides is 1. The average Bonchev–Trinajstić information content (AvgIpc) is 2.66. The van der Waals surface area contributed by atoms with E-state index in [1.807, 2.05) is 13.0 Å². The summed E-state index contributed by atoms with van der Waals surface area (Å²) in [6, 6.07) is 14.1. The average molecular weight is 388 g/mol. The lowest BCUT2D eigenvalue weighted by atomic mass is 10.2. The van der Waals surface area contributed by atoms with E-state index in [0.29, 0.717) is 18.8 Å². The number of rotatable bonds is 9. The van der Waals surface area contributed by atoms with Gasteiger partial charge in [-0.15, -0.1) is 0 Å². The number of anilines is 1. The van der Waals surface area contributed by atoms with Crippen molar-refractivity contribution >= 4 is 21.7 Å². The Morgan fingerprint density at radius 2 is 1.85 bits per heavy atom. The van der Waals surface area contributed by atoms with Crippen LogP contribution < -0.4 is 9.46 Å². The van der Waals surface area contributed by atoms with Gasteiger partial charge in [-0.2, -0.15) is 5.26 Å². The van der Waals surface area contributed by atoms with Crippen molar-refractivity contribution in [1.29, 1.82) is 5.26 Å². The summed E-state index contributed by atoms with van der Waals surface area (Å²) in [6.07, 6.45) is 0.696. The van der Waals surface area contributed by atoms with Crippen LogP contribution in [0.3, 0.4) is 0 Å². The fraction of sp³-hybridized carbons (Fsp3) is 0.263. The van der Waals surface area contributed by atoms with Gasteiger partial charge >= 0.3 is 5.97 Å². The number of unbranched alkanes of at least 4 members (excludes halogenated alkanes) is 1. The predicted molar refractivity (Wildman–Crippen MR) is 100.0 cm³/mol. The maximum absolute atomic E-state index is 12.6. The van der Waals surface area contributed by atoms with Crippen LogP contribution in [0, 0.1) is 11.3 Å². The van der Waals surface area contributed by atoms with E-state index in [1.54, 1.807) is 24.3 Å². The Morgan fingerprint density at radius 3 is 2.52 bits per heavy atom. The van der Waals surface area contributed by atoms with Crippen LogP contribution in [0.2, 0.25) is 0 Å². The fourth-order valence-electron chi connectivity index (χ4n) is 2.23. The van der Waals surface area contributed by atoms with Crippen LogP contribution in [0.4, 0.5) is 5.69 Å². The van der Waals surface area contributed by atoms with Crippen molar-refractivity contribution in [3.05, 3.63) is 54.1 Å². The number of nitrogens with one attached hydrogen (secondary N) is 1. The summed E-state index contributed by atoms with van der Waals surface area (Å²) in [4.78, 5) is 12.3. The van der Waals surface area contributed by atoms with Crippen molar-refractivity contribution < 1.29 is 22.7 Å². The van der Waals surface area contributed by atoms with Gasteiger partial charge in [-0.05, 0) is 49.7 Å². The van der Waals surface area contributed by atoms with Crippen LogP contribution in [0.1, 0.15) is 30.1 Å². The van der Waals surface area contributed by atoms with Gasteiger partial charge < -0.3 is 9.47 Å². The van der Waals surface area contributed by atoms with E-state index in [0.717, 1.165) is 0 Å². The molecule has 0 heterocycles. The highest BCUT2D eigenvalue weighted by molar-refractivity contribution is 7.92. The quantitative estimate of drug-likeness (QED) is 0.522. The van der Waals surface area contributed by atoms with Crippen LogP contribution in [-0.4, -0.2) is 27.6 Å². The Morgan fingerprint density at radius 1 is 1.15 bits per heavy atom. The Labute approximate surface area is 158 Å². The second kappa shape index (κ2) is 9.59. The number of ether oxygens (including phenoxy) is 2. The summed E-state index contributed by atoms with van der Waals surface area (Å²) < 4.78 is 38.0. The minimum absolute atomic E-state index is 0.0446. The standard InChI is InChI=1S/C19H20N2O5S/c1-2-25-15-9-11-16(12-10-15)27(23,24)21-18-8-4-3-7-17(18)19(22)26-14-6-5-13-20/h3-4,7-12,21H,2,5-6,14H2,1H3. The maximum Gasteiger partial charge on any atom is 0.340 e. The van der Waals surface area contributed by atoms with Crippen molar-refractivity contribution in [3.63, 3.8) is 0 Å². The molecule has 27 heavy (non-hydrogen) atoms. The third-order valence-corrected chi connectivity index (χ3v) is 4.88. The van der Waals surface area contributed by atoms with E-state index < -0.39 is 16.0 Å². The fourth-order valence-corrected chi connectivity index (χ4v) is 3.31. The van der Waals surface area contributed by atoms with Gasteiger partial charge in [0.05, 0.1) is 35.4 Å². The number of nitrogens with zero attached hydrogens (tertiary/aromatic N) is 1. The first-order valence-corrected chi connectivity index (χ1v) is 9.85. The van der Waals surface area contributed by atoms with Crippen LogP contribution >= 0.6 is 0 Å². The molecule has 2 rings (SSSR count). The molecule has 1 N–H and O–H groups in total. The van der Waals surface area contributed by atoms with E-state index >= 15 is 0 Å². The molecule has 0 atom stereocenters. The van der Waals surface area contributed by atoms with Crippen LogP contribution in [0.15, 0.2) is 53.4 Å². The highest BCUT2D eigenvalue weighted by Crippen LogP contribution is 2.22. The van der Waals surface area contributed by atoms with Gasteiger partial charge in [-0.3, -0.25) is 4.72 Å².